The molecule has 124 valence electrons. The highest BCUT2D eigenvalue weighted by Crippen LogP contribution is 2.22. The Hall–Kier alpha value is -2.59. The molecule has 1 unspecified atom stereocenters. The summed E-state index contributed by atoms with van der Waals surface area (Å²) in [6, 6.07) is 19.8. The smallest absolute Gasteiger partial charge is 0.270 e. The molecule has 1 heterocycles. The number of fused-ring (bicyclic) bond motifs is 1. The van der Waals surface area contributed by atoms with E-state index in [9.17, 15) is 9.90 Å². The van der Waals surface area contributed by atoms with E-state index in [1.165, 1.54) is 0 Å². The number of carbonyl (C=O) groups is 1. The first-order valence-electron chi connectivity index (χ1n) is 8.12. The summed E-state index contributed by atoms with van der Waals surface area (Å²) < 4.78 is 2.05. The normalized spacial score (nSPS) is 12.3. The summed E-state index contributed by atoms with van der Waals surface area (Å²) in [6.45, 7) is 2.42. The molecule has 2 aromatic carbocycles. The van der Waals surface area contributed by atoms with Crippen molar-refractivity contribution in [3.63, 3.8) is 0 Å². The minimum atomic E-state index is -0.222. The molecule has 1 aromatic heterocycles. The molecule has 0 bridgehead atoms. The predicted octanol–water partition coefficient (Wildman–Crippen LogP) is 3.14. The fourth-order valence-corrected chi connectivity index (χ4v) is 2.83. The molecule has 0 spiro atoms. The van der Waals surface area contributed by atoms with Crippen LogP contribution in [0.15, 0.2) is 60.7 Å². The number of aromatic nitrogens is 1. The van der Waals surface area contributed by atoms with Crippen LogP contribution in [-0.2, 0) is 6.54 Å². The van der Waals surface area contributed by atoms with Crippen LogP contribution >= 0.6 is 0 Å². The van der Waals surface area contributed by atoms with Crippen molar-refractivity contribution >= 4 is 16.8 Å². The first-order valence-corrected chi connectivity index (χ1v) is 8.12. The first-order chi connectivity index (χ1) is 11.6. The number of amides is 1. The first kappa shape index (κ1) is 16.3. The van der Waals surface area contributed by atoms with Crippen LogP contribution in [0.4, 0.5) is 0 Å². The van der Waals surface area contributed by atoms with Gasteiger partial charge in [0.15, 0.2) is 0 Å². The van der Waals surface area contributed by atoms with Gasteiger partial charge in [-0.25, -0.2) is 0 Å². The van der Waals surface area contributed by atoms with E-state index < -0.39 is 0 Å². The topological polar surface area (TPSA) is 45.5 Å². The Morgan fingerprint density at radius 1 is 1.12 bits per heavy atom. The lowest BCUT2D eigenvalue weighted by Gasteiger charge is -2.24. The van der Waals surface area contributed by atoms with Gasteiger partial charge in [-0.2, -0.15) is 0 Å². The largest absolute Gasteiger partial charge is 0.394 e. The second-order valence-corrected chi connectivity index (χ2v) is 6.11. The van der Waals surface area contributed by atoms with Gasteiger partial charge >= 0.3 is 0 Å². The van der Waals surface area contributed by atoms with Crippen molar-refractivity contribution in [2.75, 3.05) is 13.7 Å². The minimum absolute atomic E-state index is 0.0544. The van der Waals surface area contributed by atoms with Gasteiger partial charge in [0.1, 0.15) is 5.69 Å². The highest BCUT2D eigenvalue weighted by Gasteiger charge is 2.22. The van der Waals surface area contributed by atoms with Gasteiger partial charge in [-0.05, 0) is 24.6 Å². The standard InChI is InChI=1S/C20H22N2O2/c1-15(14-23)21(2)20(24)19-12-17-10-6-7-11-18(17)22(19)13-16-8-4-3-5-9-16/h3-12,15,23H,13-14H2,1-2H3. The molecule has 3 aromatic rings. The van der Waals surface area contributed by atoms with Crippen LogP contribution in [-0.4, -0.2) is 40.2 Å². The second kappa shape index (κ2) is 6.89. The summed E-state index contributed by atoms with van der Waals surface area (Å²) in [5.74, 6) is -0.0799. The molecular formula is C20H22N2O2. The van der Waals surface area contributed by atoms with Crippen LogP contribution in [0.2, 0.25) is 0 Å². The Bertz CT molecular complexity index is 839. The fraction of sp³-hybridized carbons (Fsp3) is 0.250. The summed E-state index contributed by atoms with van der Waals surface area (Å²) in [5.41, 5.74) is 2.82. The van der Waals surface area contributed by atoms with Gasteiger partial charge in [0.25, 0.3) is 5.91 Å². The van der Waals surface area contributed by atoms with E-state index in [0.29, 0.717) is 12.2 Å². The number of rotatable bonds is 5. The summed E-state index contributed by atoms with van der Waals surface area (Å²) in [6.07, 6.45) is 0. The van der Waals surface area contributed by atoms with E-state index in [0.717, 1.165) is 16.5 Å². The lowest BCUT2D eigenvalue weighted by atomic mass is 10.2. The quantitative estimate of drug-likeness (QED) is 0.784. The average molecular weight is 322 g/mol. The number of aliphatic hydroxyl groups excluding tert-OH is 1. The zero-order chi connectivity index (χ0) is 17.1. The van der Waals surface area contributed by atoms with E-state index in [1.54, 1.807) is 11.9 Å². The molecule has 1 N–H and O–H groups in total. The molecule has 4 nitrogen and oxygen atoms in total. The minimum Gasteiger partial charge on any atom is -0.394 e. The molecule has 3 rings (SSSR count). The maximum atomic E-state index is 12.9. The predicted molar refractivity (Wildman–Crippen MR) is 96.1 cm³/mol. The molecule has 0 radical (unpaired) electrons. The highest BCUT2D eigenvalue weighted by molar-refractivity contribution is 5.98. The maximum Gasteiger partial charge on any atom is 0.270 e. The molecule has 0 saturated carbocycles. The molecule has 24 heavy (non-hydrogen) atoms. The Labute approximate surface area is 141 Å². The molecular weight excluding hydrogens is 300 g/mol. The third kappa shape index (κ3) is 3.05. The number of hydrogen-bond acceptors (Lipinski definition) is 2. The number of benzene rings is 2. The van der Waals surface area contributed by atoms with Crippen LogP contribution in [0.1, 0.15) is 23.0 Å². The van der Waals surface area contributed by atoms with Crippen molar-refractivity contribution < 1.29 is 9.90 Å². The Kier molecular flexibility index (Phi) is 4.67. The summed E-state index contributed by atoms with van der Waals surface area (Å²) >= 11 is 0. The lowest BCUT2D eigenvalue weighted by Crippen LogP contribution is -2.38. The zero-order valence-corrected chi connectivity index (χ0v) is 14.0. The van der Waals surface area contributed by atoms with Gasteiger partial charge in [0, 0.05) is 24.5 Å². The molecule has 0 fully saturated rings. The number of hydrogen-bond donors (Lipinski definition) is 1. The van der Waals surface area contributed by atoms with Crippen LogP contribution < -0.4 is 0 Å². The van der Waals surface area contributed by atoms with E-state index in [1.807, 2.05) is 60.0 Å². The Morgan fingerprint density at radius 2 is 1.79 bits per heavy atom. The average Bonchev–Trinajstić information content (AvgIpc) is 2.99. The third-order valence-electron chi connectivity index (χ3n) is 4.46. The molecule has 4 heteroatoms. The molecule has 0 aliphatic carbocycles. The van der Waals surface area contributed by atoms with Gasteiger partial charge in [0.05, 0.1) is 12.6 Å². The van der Waals surface area contributed by atoms with Gasteiger partial charge in [-0.1, -0.05) is 48.5 Å². The number of carbonyl (C=O) groups excluding carboxylic acids is 1. The van der Waals surface area contributed by atoms with Crippen molar-refractivity contribution in [2.45, 2.75) is 19.5 Å². The van der Waals surface area contributed by atoms with E-state index >= 15 is 0 Å². The molecule has 0 saturated heterocycles. The molecule has 0 aliphatic rings. The second-order valence-electron chi connectivity index (χ2n) is 6.11. The van der Waals surface area contributed by atoms with Crippen molar-refractivity contribution in [2.24, 2.45) is 0 Å². The number of nitrogens with zero attached hydrogens (tertiary/aromatic N) is 2. The van der Waals surface area contributed by atoms with Crippen molar-refractivity contribution in [3.8, 4) is 0 Å². The lowest BCUT2D eigenvalue weighted by molar-refractivity contribution is 0.0672. The van der Waals surface area contributed by atoms with E-state index in [2.05, 4.69) is 12.1 Å². The van der Waals surface area contributed by atoms with Crippen molar-refractivity contribution in [3.05, 3.63) is 71.9 Å². The fourth-order valence-electron chi connectivity index (χ4n) is 2.83. The number of para-hydroxylation sites is 1. The van der Waals surface area contributed by atoms with Crippen molar-refractivity contribution in [1.29, 1.82) is 0 Å². The number of likely N-dealkylation sites (N-methyl/N-ethyl adjacent to an activating group) is 1. The molecule has 1 atom stereocenters. The highest BCUT2D eigenvalue weighted by atomic mass is 16.3. The Morgan fingerprint density at radius 3 is 2.50 bits per heavy atom. The number of aliphatic hydroxyl groups is 1. The zero-order valence-electron chi connectivity index (χ0n) is 14.0. The van der Waals surface area contributed by atoms with E-state index in [-0.39, 0.29) is 18.6 Å². The van der Waals surface area contributed by atoms with Gasteiger partial charge < -0.3 is 14.6 Å². The monoisotopic (exact) mass is 322 g/mol. The van der Waals surface area contributed by atoms with E-state index in [4.69, 9.17) is 0 Å². The Balaban J connectivity index is 2.07. The summed E-state index contributed by atoms with van der Waals surface area (Å²) in [7, 11) is 1.73. The summed E-state index contributed by atoms with van der Waals surface area (Å²) in [5, 5.41) is 10.4. The molecule has 1 amide bonds. The van der Waals surface area contributed by atoms with Crippen molar-refractivity contribution in [1.82, 2.24) is 9.47 Å². The van der Waals surface area contributed by atoms with Gasteiger partial charge in [-0.15, -0.1) is 0 Å². The van der Waals surface area contributed by atoms with Crippen LogP contribution in [0.3, 0.4) is 0 Å². The van der Waals surface area contributed by atoms with Crippen LogP contribution in [0.25, 0.3) is 10.9 Å². The van der Waals surface area contributed by atoms with Gasteiger partial charge in [0.2, 0.25) is 0 Å². The SMILES string of the molecule is CC(CO)N(C)C(=O)c1cc2ccccc2n1Cc1ccccc1. The maximum absolute atomic E-state index is 12.9. The summed E-state index contributed by atoms with van der Waals surface area (Å²) in [4.78, 5) is 14.5. The molecule has 0 aliphatic heterocycles. The third-order valence-corrected chi connectivity index (χ3v) is 4.46. The van der Waals surface area contributed by atoms with Gasteiger partial charge in [-0.3, -0.25) is 4.79 Å². The van der Waals surface area contributed by atoms with Crippen LogP contribution in [0, 0.1) is 0 Å². The van der Waals surface area contributed by atoms with Crippen LogP contribution in [0.5, 0.6) is 0 Å².